The second-order valence-corrected chi connectivity index (χ2v) is 5.07. The summed E-state index contributed by atoms with van der Waals surface area (Å²) in [5.74, 6) is 0.323. The first-order valence-corrected chi connectivity index (χ1v) is 6.93. The lowest BCUT2D eigenvalue weighted by molar-refractivity contribution is 0.585. The van der Waals surface area contributed by atoms with Crippen LogP contribution >= 0.6 is 24.4 Å². The fraction of sp³-hybridized carbons (Fsp3) is 0.545. The van der Waals surface area contributed by atoms with E-state index < -0.39 is 0 Å². The van der Waals surface area contributed by atoms with Crippen LogP contribution in [-0.2, 0) is 6.54 Å². The molecule has 2 aromatic rings. The second kappa shape index (κ2) is 5.62. The molecule has 0 radical (unpaired) electrons. The van der Waals surface area contributed by atoms with Gasteiger partial charge < -0.3 is 20.3 Å². The highest BCUT2D eigenvalue weighted by atomic mass is 32.1. The van der Waals surface area contributed by atoms with Crippen LogP contribution in [-0.4, -0.2) is 19.5 Å². The van der Waals surface area contributed by atoms with Crippen molar-refractivity contribution in [2.24, 2.45) is 0 Å². The smallest absolute Gasteiger partial charge is 0.200 e. The van der Waals surface area contributed by atoms with Gasteiger partial charge in [0.2, 0.25) is 0 Å². The van der Waals surface area contributed by atoms with Crippen molar-refractivity contribution in [2.45, 2.75) is 39.2 Å². The average molecular weight is 283 g/mol. The Balaban J connectivity index is 2.35. The summed E-state index contributed by atoms with van der Waals surface area (Å²) in [6.45, 7) is 3.06. The Bertz CT molecular complexity index is 651. The molecule has 2 heterocycles. The molecule has 0 bridgehead atoms. The van der Waals surface area contributed by atoms with E-state index in [0.717, 1.165) is 24.1 Å². The van der Waals surface area contributed by atoms with Gasteiger partial charge in [0.15, 0.2) is 15.4 Å². The van der Waals surface area contributed by atoms with Crippen LogP contribution in [0.3, 0.4) is 0 Å². The largest absolute Gasteiger partial charge is 0.369 e. The minimum atomic E-state index is 0.323. The number of hydrogen-bond acceptors (Lipinski definition) is 4. The molecule has 2 rings (SSSR count). The third-order valence-electron chi connectivity index (χ3n) is 2.90. The van der Waals surface area contributed by atoms with Gasteiger partial charge in [0.05, 0.1) is 0 Å². The van der Waals surface area contributed by atoms with Crippen molar-refractivity contribution in [3.8, 4) is 0 Å². The van der Waals surface area contributed by atoms with Crippen molar-refractivity contribution >= 4 is 41.5 Å². The maximum Gasteiger partial charge on any atom is 0.200 e. The van der Waals surface area contributed by atoms with Gasteiger partial charge >= 0.3 is 0 Å². The number of nitrogens with one attached hydrogen (secondary N) is 2. The number of nitrogen functional groups attached to an aromatic ring is 1. The summed E-state index contributed by atoms with van der Waals surface area (Å²) in [6.07, 6.45) is 4.76. The van der Waals surface area contributed by atoms with E-state index in [0.29, 0.717) is 15.4 Å². The molecule has 5 nitrogen and oxygen atoms in total. The van der Waals surface area contributed by atoms with Crippen LogP contribution in [0.25, 0.3) is 11.2 Å². The topological polar surface area (TPSA) is 75.4 Å². The van der Waals surface area contributed by atoms with Crippen molar-refractivity contribution in [3.05, 3.63) is 9.41 Å². The maximum absolute atomic E-state index is 5.68. The van der Waals surface area contributed by atoms with Crippen LogP contribution in [0.2, 0.25) is 0 Å². The normalized spacial score (nSPS) is 11.2. The van der Waals surface area contributed by atoms with E-state index in [-0.39, 0.29) is 0 Å². The highest BCUT2D eigenvalue weighted by Crippen LogP contribution is 2.15. The zero-order valence-electron chi connectivity index (χ0n) is 10.3. The number of hydrogen-bond donors (Lipinski definition) is 3. The van der Waals surface area contributed by atoms with Crippen LogP contribution < -0.4 is 5.73 Å². The fourth-order valence-corrected chi connectivity index (χ4v) is 2.51. The monoisotopic (exact) mass is 283 g/mol. The molecule has 0 spiro atoms. The average Bonchev–Trinajstić information content (AvgIpc) is 2.62. The molecule has 4 N–H and O–H groups in total. The Hall–Kier alpha value is -1.21. The van der Waals surface area contributed by atoms with Gasteiger partial charge in [-0.2, -0.15) is 0 Å². The van der Waals surface area contributed by atoms with E-state index in [2.05, 4.69) is 21.9 Å². The number of H-pyrrole nitrogens is 2. The number of nitrogens with two attached hydrogens (primary N) is 1. The van der Waals surface area contributed by atoms with Gasteiger partial charge in [-0.05, 0) is 18.6 Å². The lowest BCUT2D eigenvalue weighted by atomic mass is 10.2. The van der Waals surface area contributed by atoms with Gasteiger partial charge in [0.1, 0.15) is 11.2 Å². The minimum absolute atomic E-state index is 0.323. The number of imidazole rings is 1. The van der Waals surface area contributed by atoms with Crippen LogP contribution in [0.5, 0.6) is 0 Å². The lowest BCUT2D eigenvalue weighted by Crippen LogP contribution is -2.02. The molecule has 0 amide bonds. The van der Waals surface area contributed by atoms with Crippen molar-refractivity contribution in [1.82, 2.24) is 19.5 Å². The molecule has 0 saturated heterocycles. The molecule has 2 aromatic heterocycles. The van der Waals surface area contributed by atoms with Crippen LogP contribution in [0.4, 0.5) is 5.95 Å². The molecule has 0 fully saturated rings. The number of fused-ring (bicyclic) bond motifs is 1. The molecule has 0 aliphatic heterocycles. The summed E-state index contributed by atoms with van der Waals surface area (Å²) in [6, 6.07) is 0. The Kier molecular flexibility index (Phi) is 4.13. The van der Waals surface area contributed by atoms with Gasteiger partial charge in [0, 0.05) is 6.54 Å². The van der Waals surface area contributed by atoms with E-state index in [4.69, 9.17) is 30.2 Å². The standard InChI is InChI=1S/C11H17N5S2/c1-2-3-4-5-6-16-8-7(13-11(16)18)9(17)15-10(12)14-8/h2-6H2,1H3,(H,13,18)(H3,12,14,15,17). The van der Waals surface area contributed by atoms with E-state index in [9.17, 15) is 0 Å². The van der Waals surface area contributed by atoms with Gasteiger partial charge in [-0.15, -0.1) is 0 Å². The zero-order valence-corrected chi connectivity index (χ0v) is 12.0. The molecule has 0 aliphatic carbocycles. The summed E-state index contributed by atoms with van der Waals surface area (Å²) in [5, 5.41) is 0. The summed E-state index contributed by atoms with van der Waals surface area (Å²) in [4.78, 5) is 10.1. The van der Waals surface area contributed by atoms with E-state index in [1.165, 1.54) is 19.3 Å². The number of aromatic amines is 2. The number of nitrogens with zero attached hydrogens (tertiary/aromatic N) is 2. The molecule has 0 unspecified atom stereocenters. The number of aryl methyl sites for hydroxylation is 1. The summed E-state index contributed by atoms with van der Waals surface area (Å²) >= 11 is 10.5. The van der Waals surface area contributed by atoms with Crippen LogP contribution in [0.15, 0.2) is 0 Å². The summed E-state index contributed by atoms with van der Waals surface area (Å²) in [5.41, 5.74) is 7.29. The van der Waals surface area contributed by atoms with Crippen molar-refractivity contribution in [3.63, 3.8) is 0 Å². The number of rotatable bonds is 5. The molecule has 0 atom stereocenters. The number of unbranched alkanes of at least 4 members (excludes halogenated alkanes) is 3. The molecular formula is C11H17N5S2. The lowest BCUT2D eigenvalue weighted by Gasteiger charge is -2.04. The molecule has 0 aliphatic rings. The third kappa shape index (κ3) is 2.62. The minimum Gasteiger partial charge on any atom is -0.369 e. The van der Waals surface area contributed by atoms with Crippen molar-refractivity contribution in [2.75, 3.05) is 5.73 Å². The zero-order chi connectivity index (χ0) is 13.1. The van der Waals surface area contributed by atoms with Crippen molar-refractivity contribution < 1.29 is 0 Å². The van der Waals surface area contributed by atoms with Gasteiger partial charge in [-0.3, -0.25) is 0 Å². The Labute approximate surface area is 115 Å². The van der Waals surface area contributed by atoms with E-state index in [1.54, 1.807) is 0 Å². The second-order valence-electron chi connectivity index (χ2n) is 4.29. The van der Waals surface area contributed by atoms with Crippen LogP contribution in [0, 0.1) is 9.41 Å². The fourth-order valence-electron chi connectivity index (χ4n) is 1.98. The summed E-state index contributed by atoms with van der Waals surface area (Å²) < 4.78 is 3.13. The first-order chi connectivity index (χ1) is 8.63. The molecule has 98 valence electrons. The quantitative estimate of drug-likeness (QED) is 0.581. The molecule has 18 heavy (non-hydrogen) atoms. The van der Waals surface area contributed by atoms with Gasteiger partial charge in [-0.1, -0.05) is 38.4 Å². The Morgan fingerprint density at radius 1 is 1.22 bits per heavy atom. The van der Waals surface area contributed by atoms with Crippen molar-refractivity contribution in [1.29, 1.82) is 0 Å². The molecule has 0 aromatic carbocycles. The predicted molar refractivity (Wildman–Crippen MR) is 78.7 cm³/mol. The first kappa shape index (κ1) is 13.2. The molecule has 0 saturated carbocycles. The Morgan fingerprint density at radius 2 is 2.00 bits per heavy atom. The third-order valence-corrected chi connectivity index (χ3v) is 3.52. The van der Waals surface area contributed by atoms with E-state index >= 15 is 0 Å². The molecular weight excluding hydrogens is 266 g/mol. The maximum atomic E-state index is 5.68. The Morgan fingerprint density at radius 3 is 2.72 bits per heavy atom. The number of anilines is 1. The van der Waals surface area contributed by atoms with Gasteiger partial charge in [0.25, 0.3) is 0 Å². The van der Waals surface area contributed by atoms with Gasteiger partial charge in [-0.25, -0.2) is 4.98 Å². The molecule has 7 heteroatoms. The predicted octanol–water partition coefficient (Wildman–Crippen LogP) is 3.31. The van der Waals surface area contributed by atoms with E-state index in [1.807, 2.05) is 4.57 Å². The highest BCUT2D eigenvalue weighted by Gasteiger charge is 2.07. The highest BCUT2D eigenvalue weighted by molar-refractivity contribution is 7.71. The number of aromatic nitrogens is 4. The summed E-state index contributed by atoms with van der Waals surface area (Å²) in [7, 11) is 0. The van der Waals surface area contributed by atoms with Crippen LogP contribution in [0.1, 0.15) is 32.6 Å². The SMILES string of the molecule is CCCCCCn1c(=S)[nH]c2c(=S)nc(N)[nH]c21. The first-order valence-electron chi connectivity index (χ1n) is 6.11.